The van der Waals surface area contributed by atoms with Crippen LogP contribution in [0.15, 0.2) is 24.3 Å². The number of hydrogen-bond donors (Lipinski definition) is 0. The molecule has 3 heteroatoms. The van der Waals surface area contributed by atoms with Crippen LogP contribution in [0.25, 0.3) is 0 Å². The predicted molar refractivity (Wildman–Crippen MR) is 52.3 cm³/mol. The lowest BCUT2D eigenvalue weighted by Gasteiger charge is -2.19. The fraction of sp³-hybridized carbons (Fsp3) is 0.455. The van der Waals surface area contributed by atoms with Crippen molar-refractivity contribution in [1.29, 1.82) is 0 Å². The maximum atomic E-state index is 11.7. The van der Waals surface area contributed by atoms with Crippen molar-refractivity contribution < 1.29 is 9.59 Å². The molecule has 1 saturated heterocycles. The molecule has 0 bridgehead atoms. The van der Waals surface area contributed by atoms with Crippen LogP contribution in [0, 0.1) is 11.8 Å². The second-order valence-electron chi connectivity index (χ2n) is 3.87. The minimum Gasteiger partial charge on any atom is -0.285 e. The molecule has 0 N–H and O–H groups in total. The highest BCUT2D eigenvalue weighted by molar-refractivity contribution is 6.05. The summed E-state index contributed by atoms with van der Waals surface area (Å²) in [4.78, 5) is 24.5. The number of likely N-dealkylation sites (tertiary alicyclic amines) is 1. The fourth-order valence-electron chi connectivity index (χ4n) is 2.23. The largest absolute Gasteiger partial charge is 0.285 e. The number of imide groups is 1. The second kappa shape index (κ2) is 3.08. The minimum atomic E-state index is -0.134. The summed E-state index contributed by atoms with van der Waals surface area (Å²) in [6.07, 6.45) is 5.13. The zero-order valence-electron chi connectivity index (χ0n) is 8.19. The number of allylic oxidation sites excluding steroid dienone is 3. The molecule has 0 radical (unpaired) electrons. The molecule has 0 unspecified atom stereocenters. The van der Waals surface area contributed by atoms with Gasteiger partial charge in [-0.25, -0.2) is 0 Å². The van der Waals surface area contributed by atoms with E-state index in [0.29, 0.717) is 12.8 Å². The van der Waals surface area contributed by atoms with Crippen LogP contribution >= 0.6 is 0 Å². The molecule has 0 aromatic rings. The molecule has 3 nitrogen and oxygen atoms in total. The molecule has 2 amide bonds. The summed E-state index contributed by atoms with van der Waals surface area (Å²) in [7, 11) is 1.57. The number of carbonyl (C=O) groups is 2. The zero-order chi connectivity index (χ0) is 10.3. The molecule has 0 aromatic heterocycles. The van der Waals surface area contributed by atoms with Crippen molar-refractivity contribution in [3.63, 3.8) is 0 Å². The number of rotatable bonds is 1. The molecule has 1 heterocycles. The highest BCUT2D eigenvalue weighted by Gasteiger charge is 2.46. The Hall–Kier alpha value is -1.38. The maximum absolute atomic E-state index is 11.7. The third kappa shape index (κ3) is 1.12. The van der Waals surface area contributed by atoms with E-state index in [1.165, 1.54) is 4.90 Å². The molecule has 0 aromatic carbocycles. The molecule has 1 fully saturated rings. The summed E-state index contributed by atoms with van der Waals surface area (Å²) in [5.41, 5.74) is 1.09. The van der Waals surface area contributed by atoms with E-state index < -0.39 is 0 Å². The second-order valence-corrected chi connectivity index (χ2v) is 3.87. The molecule has 74 valence electrons. The molecule has 2 aliphatic rings. The van der Waals surface area contributed by atoms with Crippen LogP contribution < -0.4 is 0 Å². The van der Waals surface area contributed by atoms with E-state index >= 15 is 0 Å². The summed E-state index contributed by atoms with van der Waals surface area (Å²) in [6, 6.07) is 0. The van der Waals surface area contributed by atoms with E-state index in [9.17, 15) is 9.59 Å². The smallest absolute Gasteiger partial charge is 0.233 e. The highest BCUT2D eigenvalue weighted by Crippen LogP contribution is 2.37. The number of nitrogens with zero attached hydrogens (tertiary/aromatic N) is 1. The first-order valence-corrected chi connectivity index (χ1v) is 4.78. The molecule has 2 rings (SSSR count). The van der Waals surface area contributed by atoms with Crippen molar-refractivity contribution in [2.24, 2.45) is 11.8 Å². The normalized spacial score (nSPS) is 31.5. The molecule has 1 aliphatic carbocycles. The van der Waals surface area contributed by atoms with Gasteiger partial charge in [-0.05, 0) is 12.8 Å². The van der Waals surface area contributed by atoms with Gasteiger partial charge in [-0.3, -0.25) is 14.5 Å². The Morgan fingerprint density at radius 2 is 2.07 bits per heavy atom. The van der Waals surface area contributed by atoms with E-state index in [0.717, 1.165) is 5.57 Å². The summed E-state index contributed by atoms with van der Waals surface area (Å²) in [6.45, 7) is 3.68. The van der Waals surface area contributed by atoms with Crippen LogP contribution in [0.3, 0.4) is 0 Å². The monoisotopic (exact) mass is 191 g/mol. The Morgan fingerprint density at radius 3 is 2.71 bits per heavy atom. The number of carbonyl (C=O) groups excluding carboxylic acids is 2. The Balaban J connectivity index is 2.28. The first-order valence-electron chi connectivity index (χ1n) is 4.78. The highest BCUT2D eigenvalue weighted by atomic mass is 16.2. The van der Waals surface area contributed by atoms with E-state index in [2.05, 4.69) is 6.58 Å². The minimum absolute atomic E-state index is 0.0284. The molecule has 0 saturated carbocycles. The molecular weight excluding hydrogens is 178 g/mol. The Kier molecular flexibility index (Phi) is 2.02. The number of amides is 2. The lowest BCUT2D eigenvalue weighted by molar-refractivity contribution is -0.138. The van der Waals surface area contributed by atoms with Crippen LogP contribution in [0.4, 0.5) is 0 Å². The third-order valence-electron chi connectivity index (χ3n) is 3.13. The average Bonchev–Trinajstić information content (AvgIpc) is 2.44. The van der Waals surface area contributed by atoms with Gasteiger partial charge in [0.2, 0.25) is 11.8 Å². The molecular formula is C11H13NO2. The summed E-state index contributed by atoms with van der Waals surface area (Å²) in [5, 5.41) is 0. The molecule has 1 aliphatic heterocycles. The third-order valence-corrected chi connectivity index (χ3v) is 3.13. The maximum Gasteiger partial charge on any atom is 0.233 e. The van der Waals surface area contributed by atoms with Crippen LogP contribution in [-0.4, -0.2) is 23.8 Å². The van der Waals surface area contributed by atoms with Gasteiger partial charge in [0, 0.05) is 7.05 Å². The van der Waals surface area contributed by atoms with Gasteiger partial charge in [0.1, 0.15) is 0 Å². The van der Waals surface area contributed by atoms with E-state index in [1.54, 1.807) is 13.1 Å². The topological polar surface area (TPSA) is 37.4 Å². The number of fused-ring (bicyclic) bond motifs is 1. The van der Waals surface area contributed by atoms with Gasteiger partial charge in [-0.2, -0.15) is 0 Å². The van der Waals surface area contributed by atoms with Gasteiger partial charge in [0.15, 0.2) is 0 Å². The van der Waals surface area contributed by atoms with Gasteiger partial charge in [0.05, 0.1) is 11.8 Å². The Bertz CT molecular complexity index is 343. The van der Waals surface area contributed by atoms with Crippen molar-refractivity contribution in [3.05, 3.63) is 24.3 Å². The number of hydrogen-bond acceptors (Lipinski definition) is 2. The van der Waals surface area contributed by atoms with Gasteiger partial charge >= 0.3 is 0 Å². The van der Waals surface area contributed by atoms with E-state index in [1.807, 2.05) is 6.08 Å². The SMILES string of the molecule is C=CC1=CC[C@H]2C(=O)N(C)C(=O)[C@H]2C1. The lowest BCUT2D eigenvalue weighted by Crippen LogP contribution is -2.26. The van der Waals surface area contributed by atoms with Crippen LogP contribution in [0.5, 0.6) is 0 Å². The van der Waals surface area contributed by atoms with Crippen molar-refractivity contribution in [3.8, 4) is 0 Å². The van der Waals surface area contributed by atoms with Crippen molar-refractivity contribution >= 4 is 11.8 Å². The summed E-state index contributed by atoms with van der Waals surface area (Å²) >= 11 is 0. The van der Waals surface area contributed by atoms with E-state index in [-0.39, 0.29) is 23.7 Å². The van der Waals surface area contributed by atoms with Crippen LogP contribution in [0.2, 0.25) is 0 Å². The zero-order valence-corrected chi connectivity index (χ0v) is 8.19. The van der Waals surface area contributed by atoms with Crippen molar-refractivity contribution in [2.75, 3.05) is 7.05 Å². The summed E-state index contributed by atoms with van der Waals surface area (Å²) in [5.74, 6) is -0.312. The Labute approximate surface area is 83.1 Å². The van der Waals surface area contributed by atoms with E-state index in [4.69, 9.17) is 0 Å². The lowest BCUT2D eigenvalue weighted by atomic mass is 9.81. The molecule has 14 heavy (non-hydrogen) atoms. The van der Waals surface area contributed by atoms with Crippen LogP contribution in [-0.2, 0) is 9.59 Å². The van der Waals surface area contributed by atoms with Gasteiger partial charge < -0.3 is 0 Å². The molecule has 0 spiro atoms. The van der Waals surface area contributed by atoms with Crippen LogP contribution in [0.1, 0.15) is 12.8 Å². The van der Waals surface area contributed by atoms with Gasteiger partial charge in [-0.1, -0.05) is 24.3 Å². The Morgan fingerprint density at radius 1 is 1.43 bits per heavy atom. The summed E-state index contributed by atoms with van der Waals surface area (Å²) < 4.78 is 0. The quantitative estimate of drug-likeness (QED) is 0.582. The first kappa shape index (κ1) is 9.19. The predicted octanol–water partition coefficient (Wildman–Crippen LogP) is 1.12. The fourth-order valence-corrected chi connectivity index (χ4v) is 2.23. The van der Waals surface area contributed by atoms with Crippen molar-refractivity contribution in [2.45, 2.75) is 12.8 Å². The van der Waals surface area contributed by atoms with Gasteiger partial charge in [-0.15, -0.1) is 0 Å². The molecule has 2 atom stereocenters. The average molecular weight is 191 g/mol. The van der Waals surface area contributed by atoms with Gasteiger partial charge in [0.25, 0.3) is 0 Å². The first-order chi connectivity index (χ1) is 6.65. The standard InChI is InChI=1S/C11H13NO2/c1-3-7-4-5-8-9(6-7)11(14)12(2)10(8)13/h3-4,8-9H,1,5-6H2,2H3/t8-,9+/m1/s1. The van der Waals surface area contributed by atoms with Crippen molar-refractivity contribution in [1.82, 2.24) is 4.90 Å².